The first-order valence-corrected chi connectivity index (χ1v) is 4.86. The van der Waals surface area contributed by atoms with Crippen LogP contribution in [0.4, 0.5) is 0 Å². The molecule has 0 bridgehead atoms. The Morgan fingerprint density at radius 3 is 2.85 bits per heavy atom. The van der Waals surface area contributed by atoms with Gasteiger partial charge in [-0.3, -0.25) is 4.79 Å². The van der Waals surface area contributed by atoms with Gasteiger partial charge in [0.15, 0.2) is 0 Å². The van der Waals surface area contributed by atoms with E-state index in [1.54, 1.807) is 0 Å². The molecule has 1 unspecified atom stereocenters. The van der Waals surface area contributed by atoms with E-state index in [1.165, 1.54) is 0 Å². The summed E-state index contributed by atoms with van der Waals surface area (Å²) in [5.41, 5.74) is 5.49. The van der Waals surface area contributed by atoms with Crippen LogP contribution >= 0.6 is 0 Å². The fourth-order valence-electron chi connectivity index (χ4n) is 1.64. The smallest absolute Gasteiger partial charge is 0.222 e. The van der Waals surface area contributed by atoms with Crippen molar-refractivity contribution in [2.45, 2.75) is 19.3 Å². The topological polar surface area (TPSA) is 66.6 Å². The van der Waals surface area contributed by atoms with Gasteiger partial charge in [0, 0.05) is 26.1 Å². The monoisotopic (exact) mass is 186 g/mol. The molecule has 0 aliphatic carbocycles. The largest absolute Gasteiger partial charge is 0.396 e. The Kier molecular flexibility index (Phi) is 4.18. The van der Waals surface area contributed by atoms with Gasteiger partial charge in [-0.25, -0.2) is 0 Å². The third-order valence-corrected chi connectivity index (χ3v) is 2.46. The molecule has 0 aromatic heterocycles. The lowest BCUT2D eigenvalue weighted by Gasteiger charge is -2.15. The van der Waals surface area contributed by atoms with Gasteiger partial charge < -0.3 is 15.7 Å². The minimum atomic E-state index is 0.211. The van der Waals surface area contributed by atoms with Crippen LogP contribution in [-0.2, 0) is 4.79 Å². The Morgan fingerprint density at radius 2 is 2.31 bits per heavy atom. The molecular weight excluding hydrogens is 168 g/mol. The Labute approximate surface area is 78.7 Å². The number of unbranched alkanes of at least 4 members (excludes halogenated alkanes) is 1. The number of amides is 1. The zero-order valence-electron chi connectivity index (χ0n) is 7.91. The third kappa shape index (κ3) is 2.97. The summed E-state index contributed by atoms with van der Waals surface area (Å²) in [6, 6.07) is 0. The summed E-state index contributed by atoms with van der Waals surface area (Å²) in [6.45, 7) is 2.39. The summed E-state index contributed by atoms with van der Waals surface area (Å²) in [5, 5.41) is 8.58. The van der Waals surface area contributed by atoms with Crippen molar-refractivity contribution in [1.82, 2.24) is 4.90 Å². The molecule has 1 amide bonds. The molecular formula is C9H18N2O2. The van der Waals surface area contributed by atoms with Crippen LogP contribution in [0.15, 0.2) is 0 Å². The number of carbonyl (C=O) groups is 1. The summed E-state index contributed by atoms with van der Waals surface area (Å²) in [7, 11) is 0. The number of likely N-dealkylation sites (tertiary alicyclic amines) is 1. The predicted octanol–water partition coefficient (Wildman–Crippen LogP) is -0.434. The van der Waals surface area contributed by atoms with E-state index in [0.717, 1.165) is 25.9 Å². The molecule has 0 radical (unpaired) electrons. The second-order valence-corrected chi connectivity index (χ2v) is 3.58. The highest BCUT2D eigenvalue weighted by atomic mass is 16.2. The maximum atomic E-state index is 11.3. The van der Waals surface area contributed by atoms with Crippen LogP contribution < -0.4 is 5.73 Å². The Balaban J connectivity index is 2.23. The number of hydrogen-bond donors (Lipinski definition) is 2. The van der Waals surface area contributed by atoms with Gasteiger partial charge in [0.1, 0.15) is 0 Å². The van der Waals surface area contributed by atoms with Crippen LogP contribution in [0.2, 0.25) is 0 Å². The van der Waals surface area contributed by atoms with Crippen molar-refractivity contribution in [3.05, 3.63) is 0 Å². The summed E-state index contributed by atoms with van der Waals surface area (Å²) in [5.74, 6) is 0.565. The minimum absolute atomic E-state index is 0.211. The molecule has 0 aromatic carbocycles. The number of aliphatic hydroxyl groups excluding tert-OH is 1. The SMILES string of the molecule is NCC1CC(=O)N(CCCCO)C1. The third-order valence-electron chi connectivity index (χ3n) is 2.46. The van der Waals surface area contributed by atoms with Crippen molar-refractivity contribution in [1.29, 1.82) is 0 Å². The van der Waals surface area contributed by atoms with Crippen molar-refractivity contribution < 1.29 is 9.90 Å². The molecule has 1 aliphatic heterocycles. The van der Waals surface area contributed by atoms with E-state index in [2.05, 4.69) is 0 Å². The highest BCUT2D eigenvalue weighted by Gasteiger charge is 2.27. The number of nitrogens with zero attached hydrogens (tertiary/aromatic N) is 1. The summed E-state index contributed by atoms with van der Waals surface area (Å²) < 4.78 is 0. The van der Waals surface area contributed by atoms with Crippen LogP contribution in [0, 0.1) is 5.92 Å². The van der Waals surface area contributed by atoms with E-state index in [-0.39, 0.29) is 12.5 Å². The minimum Gasteiger partial charge on any atom is -0.396 e. The second-order valence-electron chi connectivity index (χ2n) is 3.58. The first kappa shape index (κ1) is 10.5. The average Bonchev–Trinajstić information content (AvgIpc) is 2.48. The maximum absolute atomic E-state index is 11.3. The average molecular weight is 186 g/mol. The van der Waals surface area contributed by atoms with Crippen LogP contribution in [0.3, 0.4) is 0 Å². The van der Waals surface area contributed by atoms with Crippen LogP contribution in [0.1, 0.15) is 19.3 Å². The molecule has 4 nitrogen and oxygen atoms in total. The summed E-state index contributed by atoms with van der Waals surface area (Å²) >= 11 is 0. The van der Waals surface area contributed by atoms with Gasteiger partial charge in [-0.15, -0.1) is 0 Å². The fourth-order valence-corrected chi connectivity index (χ4v) is 1.64. The molecule has 0 saturated carbocycles. The first-order chi connectivity index (χ1) is 6.27. The Bertz CT molecular complexity index is 173. The molecule has 0 spiro atoms. The van der Waals surface area contributed by atoms with Crippen molar-refractivity contribution in [3.8, 4) is 0 Å². The predicted molar refractivity (Wildman–Crippen MR) is 50.1 cm³/mol. The summed E-state index contributed by atoms with van der Waals surface area (Å²) in [4.78, 5) is 13.2. The number of nitrogens with two attached hydrogens (primary N) is 1. The zero-order chi connectivity index (χ0) is 9.68. The maximum Gasteiger partial charge on any atom is 0.222 e. The lowest BCUT2D eigenvalue weighted by atomic mass is 10.1. The molecule has 76 valence electrons. The molecule has 1 atom stereocenters. The quantitative estimate of drug-likeness (QED) is 0.572. The lowest BCUT2D eigenvalue weighted by Crippen LogP contribution is -2.27. The highest BCUT2D eigenvalue weighted by molar-refractivity contribution is 5.78. The molecule has 13 heavy (non-hydrogen) atoms. The molecule has 1 aliphatic rings. The number of rotatable bonds is 5. The first-order valence-electron chi connectivity index (χ1n) is 4.86. The van der Waals surface area contributed by atoms with E-state index < -0.39 is 0 Å². The molecule has 1 fully saturated rings. The van der Waals surface area contributed by atoms with Crippen LogP contribution in [0.25, 0.3) is 0 Å². The van der Waals surface area contributed by atoms with Crippen molar-refractivity contribution >= 4 is 5.91 Å². The van der Waals surface area contributed by atoms with E-state index in [0.29, 0.717) is 18.9 Å². The standard InChI is InChI=1S/C9H18N2O2/c10-6-8-5-9(13)11(7-8)3-1-2-4-12/h8,12H,1-7,10H2. The van der Waals surface area contributed by atoms with E-state index in [4.69, 9.17) is 10.8 Å². The van der Waals surface area contributed by atoms with Gasteiger partial charge in [-0.2, -0.15) is 0 Å². The Hall–Kier alpha value is -0.610. The van der Waals surface area contributed by atoms with E-state index in [1.807, 2.05) is 4.90 Å². The number of aliphatic hydroxyl groups is 1. The second kappa shape index (κ2) is 5.19. The van der Waals surface area contributed by atoms with Crippen molar-refractivity contribution in [3.63, 3.8) is 0 Å². The zero-order valence-corrected chi connectivity index (χ0v) is 7.91. The number of carbonyl (C=O) groups excluding carboxylic acids is 1. The Morgan fingerprint density at radius 1 is 1.54 bits per heavy atom. The van der Waals surface area contributed by atoms with Gasteiger partial charge >= 0.3 is 0 Å². The molecule has 0 aromatic rings. The van der Waals surface area contributed by atoms with Gasteiger partial charge in [0.25, 0.3) is 0 Å². The van der Waals surface area contributed by atoms with Gasteiger partial charge in [0.05, 0.1) is 0 Å². The van der Waals surface area contributed by atoms with Crippen molar-refractivity contribution in [2.75, 3.05) is 26.2 Å². The molecule has 1 saturated heterocycles. The molecule has 1 rings (SSSR count). The lowest BCUT2D eigenvalue weighted by molar-refractivity contribution is -0.127. The normalized spacial score (nSPS) is 22.8. The highest BCUT2D eigenvalue weighted by Crippen LogP contribution is 2.16. The van der Waals surface area contributed by atoms with Crippen LogP contribution in [0.5, 0.6) is 0 Å². The van der Waals surface area contributed by atoms with E-state index in [9.17, 15) is 4.79 Å². The molecule has 3 N–H and O–H groups in total. The molecule has 1 heterocycles. The van der Waals surface area contributed by atoms with Gasteiger partial charge in [0.2, 0.25) is 5.91 Å². The fraction of sp³-hybridized carbons (Fsp3) is 0.889. The van der Waals surface area contributed by atoms with Crippen molar-refractivity contribution in [2.24, 2.45) is 11.7 Å². The van der Waals surface area contributed by atoms with E-state index >= 15 is 0 Å². The van der Waals surface area contributed by atoms with Crippen LogP contribution in [-0.4, -0.2) is 42.2 Å². The summed E-state index contributed by atoms with van der Waals surface area (Å²) in [6.07, 6.45) is 2.27. The molecule has 4 heteroatoms. The van der Waals surface area contributed by atoms with Gasteiger partial charge in [-0.05, 0) is 25.3 Å². The number of hydrogen-bond acceptors (Lipinski definition) is 3. The van der Waals surface area contributed by atoms with Gasteiger partial charge in [-0.1, -0.05) is 0 Å².